The summed E-state index contributed by atoms with van der Waals surface area (Å²) in [6.45, 7) is 5.26. The van der Waals surface area contributed by atoms with E-state index in [0.717, 1.165) is 0 Å². The molecule has 0 unspecified atom stereocenters. The van der Waals surface area contributed by atoms with Crippen molar-refractivity contribution < 1.29 is 14.3 Å². The highest BCUT2D eigenvalue weighted by atomic mass is 16.5. The van der Waals surface area contributed by atoms with Gasteiger partial charge in [0, 0.05) is 33.7 Å². The predicted molar refractivity (Wildman–Crippen MR) is 65.8 cm³/mol. The number of hydrogen-bond acceptors (Lipinski definition) is 4. The summed E-state index contributed by atoms with van der Waals surface area (Å²) in [6, 6.07) is -0.126. The van der Waals surface area contributed by atoms with Crippen LogP contribution in [-0.4, -0.2) is 57.7 Å². The number of amides is 2. The third kappa shape index (κ3) is 6.11. The molecule has 2 amide bonds. The molecule has 100 valence electrons. The molecular formula is C11H23N3O3. The SMILES string of the molecule is COC(=O)C(C)(C)CNCCNC(=O)N(C)C. The molecule has 0 aromatic rings. The number of urea groups is 1. The number of carbonyl (C=O) groups is 2. The van der Waals surface area contributed by atoms with Crippen LogP contribution in [0.4, 0.5) is 4.79 Å². The van der Waals surface area contributed by atoms with Crippen molar-refractivity contribution in [1.29, 1.82) is 0 Å². The molecule has 6 nitrogen and oxygen atoms in total. The Morgan fingerprint density at radius 2 is 1.82 bits per heavy atom. The minimum atomic E-state index is -0.555. The van der Waals surface area contributed by atoms with Crippen molar-refractivity contribution in [2.45, 2.75) is 13.8 Å². The van der Waals surface area contributed by atoms with Crippen LogP contribution in [0.15, 0.2) is 0 Å². The molecule has 0 radical (unpaired) electrons. The quantitative estimate of drug-likeness (QED) is 0.512. The Kier molecular flexibility index (Phi) is 6.57. The number of carbonyl (C=O) groups excluding carboxylic acids is 2. The van der Waals surface area contributed by atoms with E-state index in [2.05, 4.69) is 15.4 Å². The summed E-state index contributed by atoms with van der Waals surface area (Å²) in [5.41, 5.74) is -0.555. The van der Waals surface area contributed by atoms with Crippen LogP contribution in [0.25, 0.3) is 0 Å². The highest BCUT2D eigenvalue weighted by Crippen LogP contribution is 2.14. The Morgan fingerprint density at radius 1 is 1.24 bits per heavy atom. The lowest BCUT2D eigenvalue weighted by Gasteiger charge is -2.22. The molecule has 6 heteroatoms. The molecule has 0 rings (SSSR count). The fraction of sp³-hybridized carbons (Fsp3) is 0.818. The third-order valence-corrected chi connectivity index (χ3v) is 2.29. The van der Waals surface area contributed by atoms with Crippen molar-refractivity contribution >= 4 is 12.0 Å². The van der Waals surface area contributed by atoms with Crippen molar-refractivity contribution in [3.05, 3.63) is 0 Å². The molecule has 0 aromatic heterocycles. The van der Waals surface area contributed by atoms with Gasteiger partial charge in [-0.05, 0) is 13.8 Å². The zero-order chi connectivity index (χ0) is 13.5. The molecule has 0 saturated carbocycles. The molecule has 0 saturated heterocycles. The van der Waals surface area contributed by atoms with Crippen LogP contribution in [0.1, 0.15) is 13.8 Å². The lowest BCUT2D eigenvalue weighted by Crippen LogP contribution is -2.42. The van der Waals surface area contributed by atoms with Gasteiger partial charge in [0.25, 0.3) is 0 Å². The maximum atomic E-state index is 11.4. The van der Waals surface area contributed by atoms with Gasteiger partial charge in [0.2, 0.25) is 0 Å². The van der Waals surface area contributed by atoms with Crippen molar-refractivity contribution in [2.75, 3.05) is 40.8 Å². The first-order valence-electron chi connectivity index (χ1n) is 5.55. The van der Waals surface area contributed by atoms with E-state index in [0.29, 0.717) is 19.6 Å². The van der Waals surface area contributed by atoms with E-state index in [-0.39, 0.29) is 12.0 Å². The van der Waals surface area contributed by atoms with Gasteiger partial charge in [-0.3, -0.25) is 4.79 Å². The Bertz CT molecular complexity index is 265. The number of nitrogens with one attached hydrogen (secondary N) is 2. The maximum Gasteiger partial charge on any atom is 0.316 e. The number of esters is 1. The molecule has 0 spiro atoms. The molecule has 0 heterocycles. The number of rotatable bonds is 6. The second kappa shape index (κ2) is 7.11. The highest BCUT2D eigenvalue weighted by Gasteiger charge is 2.27. The van der Waals surface area contributed by atoms with E-state index in [1.165, 1.54) is 12.0 Å². The molecule has 0 bridgehead atoms. The smallest absolute Gasteiger partial charge is 0.316 e. The summed E-state index contributed by atoms with van der Waals surface area (Å²) < 4.78 is 4.69. The molecule has 17 heavy (non-hydrogen) atoms. The van der Waals surface area contributed by atoms with Gasteiger partial charge >= 0.3 is 12.0 Å². The number of ether oxygens (including phenoxy) is 1. The van der Waals surface area contributed by atoms with E-state index in [4.69, 9.17) is 0 Å². The van der Waals surface area contributed by atoms with E-state index < -0.39 is 5.41 Å². The van der Waals surface area contributed by atoms with Gasteiger partial charge in [-0.25, -0.2) is 4.79 Å². The molecule has 0 atom stereocenters. The summed E-state index contributed by atoms with van der Waals surface area (Å²) in [4.78, 5) is 24.0. The van der Waals surface area contributed by atoms with Crippen LogP contribution < -0.4 is 10.6 Å². The zero-order valence-electron chi connectivity index (χ0n) is 11.3. The van der Waals surface area contributed by atoms with Crippen LogP contribution >= 0.6 is 0 Å². The molecular weight excluding hydrogens is 222 g/mol. The van der Waals surface area contributed by atoms with Crippen molar-refractivity contribution in [3.63, 3.8) is 0 Å². The normalized spacial score (nSPS) is 10.9. The van der Waals surface area contributed by atoms with Crippen molar-refractivity contribution in [2.24, 2.45) is 5.41 Å². The zero-order valence-corrected chi connectivity index (χ0v) is 11.3. The first-order chi connectivity index (χ1) is 7.81. The largest absolute Gasteiger partial charge is 0.469 e. The van der Waals surface area contributed by atoms with Crippen molar-refractivity contribution in [3.8, 4) is 0 Å². The molecule has 2 N–H and O–H groups in total. The number of nitrogens with zero attached hydrogens (tertiary/aromatic N) is 1. The van der Waals surface area contributed by atoms with E-state index >= 15 is 0 Å². The summed E-state index contributed by atoms with van der Waals surface area (Å²) in [7, 11) is 4.74. The van der Waals surface area contributed by atoms with E-state index in [9.17, 15) is 9.59 Å². The van der Waals surface area contributed by atoms with Crippen LogP contribution in [0, 0.1) is 5.41 Å². The van der Waals surface area contributed by atoms with Gasteiger partial charge in [-0.2, -0.15) is 0 Å². The lowest BCUT2D eigenvalue weighted by atomic mass is 9.94. The molecule has 0 aliphatic carbocycles. The minimum absolute atomic E-state index is 0.126. The van der Waals surface area contributed by atoms with Gasteiger partial charge in [0.15, 0.2) is 0 Å². The van der Waals surface area contributed by atoms with E-state index in [1.54, 1.807) is 14.1 Å². The predicted octanol–water partition coefficient (Wildman–Crippen LogP) is 0.0464. The molecule has 0 fully saturated rings. The number of hydrogen-bond donors (Lipinski definition) is 2. The standard InChI is InChI=1S/C11H23N3O3/c1-11(2,9(15)17-5)8-12-6-7-13-10(16)14(3)4/h12H,6-8H2,1-5H3,(H,13,16). The van der Waals surface area contributed by atoms with Gasteiger partial charge in [0.1, 0.15) is 0 Å². The van der Waals surface area contributed by atoms with Gasteiger partial charge in [-0.15, -0.1) is 0 Å². The van der Waals surface area contributed by atoms with E-state index in [1.807, 2.05) is 13.8 Å². The summed E-state index contributed by atoms with van der Waals surface area (Å²) >= 11 is 0. The van der Waals surface area contributed by atoms with Gasteiger partial charge in [-0.1, -0.05) is 0 Å². The Hall–Kier alpha value is -1.30. The Labute approximate surface area is 103 Å². The summed E-state index contributed by atoms with van der Waals surface area (Å²) in [5.74, 6) is -0.248. The third-order valence-electron chi connectivity index (χ3n) is 2.29. The average Bonchev–Trinajstić information content (AvgIpc) is 2.26. The summed E-state index contributed by atoms with van der Waals surface area (Å²) in [5, 5.41) is 5.82. The average molecular weight is 245 g/mol. The van der Waals surface area contributed by atoms with Crippen molar-refractivity contribution in [1.82, 2.24) is 15.5 Å². The second-order valence-electron chi connectivity index (χ2n) is 4.68. The van der Waals surface area contributed by atoms with Crippen LogP contribution in [-0.2, 0) is 9.53 Å². The van der Waals surface area contributed by atoms with Crippen LogP contribution in [0.3, 0.4) is 0 Å². The summed E-state index contributed by atoms with van der Waals surface area (Å²) in [6.07, 6.45) is 0. The first-order valence-corrected chi connectivity index (χ1v) is 5.55. The number of methoxy groups -OCH3 is 1. The van der Waals surface area contributed by atoms with Crippen LogP contribution in [0.2, 0.25) is 0 Å². The monoisotopic (exact) mass is 245 g/mol. The maximum absolute atomic E-state index is 11.4. The fourth-order valence-electron chi connectivity index (χ4n) is 1.17. The topological polar surface area (TPSA) is 70.7 Å². The molecule has 0 aliphatic rings. The second-order valence-corrected chi connectivity index (χ2v) is 4.68. The Morgan fingerprint density at radius 3 is 2.29 bits per heavy atom. The molecule has 0 aromatic carbocycles. The first kappa shape index (κ1) is 15.7. The fourth-order valence-corrected chi connectivity index (χ4v) is 1.17. The highest BCUT2D eigenvalue weighted by molar-refractivity contribution is 5.76. The Balaban J connectivity index is 3.71. The lowest BCUT2D eigenvalue weighted by molar-refractivity contribution is -0.150. The van der Waals surface area contributed by atoms with Gasteiger partial charge < -0.3 is 20.3 Å². The van der Waals surface area contributed by atoms with Crippen LogP contribution in [0.5, 0.6) is 0 Å². The minimum Gasteiger partial charge on any atom is -0.469 e. The van der Waals surface area contributed by atoms with Gasteiger partial charge in [0.05, 0.1) is 12.5 Å². The molecule has 0 aliphatic heterocycles.